The van der Waals surface area contributed by atoms with Crippen LogP contribution in [0.15, 0.2) is 36.5 Å². The Morgan fingerprint density at radius 3 is 1.07 bits per heavy atom. The number of esters is 3. The zero-order chi connectivity index (χ0) is 52.7. The molecule has 0 fully saturated rings. The van der Waals surface area contributed by atoms with Crippen molar-refractivity contribution in [2.75, 3.05) is 26.4 Å². The van der Waals surface area contributed by atoms with Gasteiger partial charge in [0.25, 0.3) is 0 Å². The number of ether oxygens (including phenoxy) is 3. The summed E-state index contributed by atoms with van der Waals surface area (Å²) < 4.78 is 39.5. The number of aliphatic hydroxyl groups excluding tert-OH is 1. The Morgan fingerprint density at radius 1 is 0.389 bits per heavy atom. The van der Waals surface area contributed by atoms with Crippen LogP contribution in [0.4, 0.5) is 0 Å². The number of unbranched alkanes of at least 4 members (excludes halogenated alkanes) is 33. The Balaban J connectivity index is 4.71. The van der Waals surface area contributed by atoms with E-state index in [0.29, 0.717) is 19.3 Å². The largest absolute Gasteiger partial charge is 0.472 e. The molecular formula is C60H111O11P. The molecule has 0 rings (SSSR count). The molecule has 0 aliphatic rings. The van der Waals surface area contributed by atoms with Crippen LogP contribution in [0.1, 0.15) is 290 Å². The lowest BCUT2D eigenvalue weighted by atomic mass is 10.1. The van der Waals surface area contributed by atoms with Crippen LogP contribution in [-0.2, 0) is 42.2 Å². The summed E-state index contributed by atoms with van der Waals surface area (Å²) in [4.78, 5) is 48.5. The maximum absolute atomic E-state index is 12.9. The van der Waals surface area contributed by atoms with Crippen molar-refractivity contribution in [2.45, 2.75) is 303 Å². The second-order valence-electron chi connectivity index (χ2n) is 20.2. The first-order valence-electron chi connectivity index (χ1n) is 29.9. The number of carbonyl (C=O) groups is 3. The van der Waals surface area contributed by atoms with E-state index in [1.807, 2.05) is 0 Å². The predicted molar refractivity (Wildman–Crippen MR) is 298 cm³/mol. The van der Waals surface area contributed by atoms with Gasteiger partial charge in [-0.2, -0.15) is 0 Å². The van der Waals surface area contributed by atoms with Crippen LogP contribution in [0.25, 0.3) is 0 Å². The minimum absolute atomic E-state index is 0.164. The number of aliphatic hydroxyl groups is 1. The molecule has 72 heavy (non-hydrogen) atoms. The lowest BCUT2D eigenvalue weighted by molar-refractivity contribution is -0.161. The van der Waals surface area contributed by atoms with Crippen LogP contribution in [0.3, 0.4) is 0 Å². The van der Waals surface area contributed by atoms with Gasteiger partial charge in [0, 0.05) is 19.3 Å². The topological polar surface area (TPSA) is 155 Å². The Morgan fingerprint density at radius 2 is 0.681 bits per heavy atom. The summed E-state index contributed by atoms with van der Waals surface area (Å²) in [5.74, 6) is -1.46. The van der Waals surface area contributed by atoms with E-state index in [1.54, 1.807) is 0 Å². The lowest BCUT2D eigenvalue weighted by Crippen LogP contribution is -2.30. The molecular weight excluding hydrogens is 928 g/mol. The van der Waals surface area contributed by atoms with Crippen molar-refractivity contribution >= 4 is 25.7 Å². The Bertz CT molecular complexity index is 1350. The summed E-state index contributed by atoms with van der Waals surface area (Å²) in [5, 5.41) is 9.80. The van der Waals surface area contributed by atoms with Crippen molar-refractivity contribution in [1.82, 2.24) is 0 Å². The van der Waals surface area contributed by atoms with E-state index in [1.165, 1.54) is 154 Å². The first-order chi connectivity index (χ1) is 35.2. The van der Waals surface area contributed by atoms with Crippen molar-refractivity contribution < 1.29 is 52.2 Å². The van der Waals surface area contributed by atoms with Gasteiger partial charge >= 0.3 is 25.7 Å². The Labute approximate surface area is 441 Å². The summed E-state index contributed by atoms with van der Waals surface area (Å²) in [5.41, 5.74) is 0. The maximum Gasteiger partial charge on any atom is 0.472 e. The summed E-state index contributed by atoms with van der Waals surface area (Å²) in [6.07, 6.45) is 56.7. The average molecular weight is 1040 g/mol. The second-order valence-corrected chi connectivity index (χ2v) is 21.6. The predicted octanol–water partition coefficient (Wildman–Crippen LogP) is 17.6. The molecule has 12 heteroatoms. The zero-order valence-corrected chi connectivity index (χ0v) is 47.6. The molecule has 0 saturated heterocycles. The molecule has 0 spiro atoms. The molecule has 0 bridgehead atoms. The van der Waals surface area contributed by atoms with Gasteiger partial charge in [-0.1, -0.05) is 231 Å². The molecule has 0 aliphatic carbocycles. The zero-order valence-electron chi connectivity index (χ0n) is 46.7. The molecule has 0 aliphatic heterocycles. The molecule has 3 atom stereocenters. The molecule has 0 saturated carbocycles. The average Bonchev–Trinajstić information content (AvgIpc) is 3.37. The Kier molecular flexibility index (Phi) is 53.2. The Hall–Kier alpha value is -2.30. The van der Waals surface area contributed by atoms with Crippen LogP contribution in [0.2, 0.25) is 0 Å². The number of phosphoric acid groups is 1. The number of phosphoric ester groups is 1. The van der Waals surface area contributed by atoms with Gasteiger partial charge in [0.05, 0.1) is 19.8 Å². The standard InChI is InChI=1S/C60H111O11P/c1-4-7-10-13-16-19-22-24-26-28-30-32-35-37-40-43-46-49-58(62)67-53-57(71-60(64)51-48-45-42-39-36-33-31-29-27-25-23-20-17-14-11-8-5-2)55-69-72(65,66)68-54-56(52-61)70-59(63)50-47-44-41-38-34-21-18-15-12-9-6-3/h16,19,24-27,56-57,61H,4-15,17-18,20-23,28-55H2,1-3H3,(H,65,66)/b19-16-,26-24-,27-25-. The molecule has 2 N–H and O–H groups in total. The van der Waals surface area contributed by atoms with E-state index in [9.17, 15) is 28.9 Å². The minimum Gasteiger partial charge on any atom is -0.462 e. The number of hydrogen-bond acceptors (Lipinski definition) is 10. The van der Waals surface area contributed by atoms with Gasteiger partial charge in [0.1, 0.15) is 12.7 Å². The number of carbonyl (C=O) groups excluding carboxylic acids is 3. The van der Waals surface area contributed by atoms with Crippen LogP contribution in [0, 0.1) is 0 Å². The van der Waals surface area contributed by atoms with Gasteiger partial charge in [-0.25, -0.2) is 4.57 Å². The van der Waals surface area contributed by atoms with Gasteiger partial charge in [0.15, 0.2) is 6.10 Å². The maximum atomic E-state index is 12.9. The van der Waals surface area contributed by atoms with Crippen LogP contribution in [-0.4, -0.2) is 66.5 Å². The fraction of sp³-hybridized carbons (Fsp3) is 0.850. The van der Waals surface area contributed by atoms with E-state index < -0.39 is 57.8 Å². The van der Waals surface area contributed by atoms with Gasteiger partial charge in [-0.05, 0) is 77.0 Å². The normalized spacial score (nSPS) is 13.6. The van der Waals surface area contributed by atoms with Crippen LogP contribution in [0.5, 0.6) is 0 Å². The fourth-order valence-electron chi connectivity index (χ4n) is 8.44. The summed E-state index contributed by atoms with van der Waals surface area (Å²) in [6.45, 7) is 4.63. The minimum atomic E-state index is -4.74. The summed E-state index contributed by atoms with van der Waals surface area (Å²) in [7, 11) is -4.74. The smallest absolute Gasteiger partial charge is 0.462 e. The summed E-state index contributed by atoms with van der Waals surface area (Å²) in [6, 6.07) is 0. The molecule has 0 aromatic heterocycles. The molecule has 0 radical (unpaired) electrons. The van der Waals surface area contributed by atoms with Crippen molar-refractivity contribution in [1.29, 1.82) is 0 Å². The van der Waals surface area contributed by atoms with Crippen molar-refractivity contribution in [3.05, 3.63) is 36.5 Å². The second kappa shape index (κ2) is 54.9. The van der Waals surface area contributed by atoms with E-state index in [2.05, 4.69) is 57.2 Å². The number of rotatable bonds is 56. The van der Waals surface area contributed by atoms with E-state index in [4.69, 9.17) is 23.3 Å². The van der Waals surface area contributed by atoms with Crippen LogP contribution < -0.4 is 0 Å². The lowest BCUT2D eigenvalue weighted by Gasteiger charge is -2.21. The van der Waals surface area contributed by atoms with Gasteiger partial charge in [-0.15, -0.1) is 0 Å². The highest BCUT2D eigenvalue weighted by atomic mass is 31.2. The summed E-state index contributed by atoms with van der Waals surface area (Å²) >= 11 is 0. The van der Waals surface area contributed by atoms with Crippen molar-refractivity contribution in [2.24, 2.45) is 0 Å². The highest BCUT2D eigenvalue weighted by molar-refractivity contribution is 7.47. The van der Waals surface area contributed by atoms with Gasteiger partial charge in [0.2, 0.25) is 0 Å². The monoisotopic (exact) mass is 1040 g/mol. The quantitative estimate of drug-likeness (QED) is 0.0197. The van der Waals surface area contributed by atoms with Crippen molar-refractivity contribution in [3.63, 3.8) is 0 Å². The highest BCUT2D eigenvalue weighted by Crippen LogP contribution is 2.43. The third-order valence-electron chi connectivity index (χ3n) is 13.0. The molecule has 422 valence electrons. The number of hydrogen-bond donors (Lipinski definition) is 2. The first kappa shape index (κ1) is 69.7. The van der Waals surface area contributed by atoms with Gasteiger partial charge < -0.3 is 24.2 Å². The molecule has 0 heterocycles. The molecule has 3 unspecified atom stereocenters. The van der Waals surface area contributed by atoms with Crippen molar-refractivity contribution in [3.8, 4) is 0 Å². The fourth-order valence-corrected chi connectivity index (χ4v) is 9.23. The molecule has 0 amide bonds. The highest BCUT2D eigenvalue weighted by Gasteiger charge is 2.28. The molecule has 0 aromatic rings. The van der Waals surface area contributed by atoms with Gasteiger partial charge in [-0.3, -0.25) is 23.4 Å². The first-order valence-corrected chi connectivity index (χ1v) is 31.4. The third-order valence-corrected chi connectivity index (χ3v) is 14.0. The van der Waals surface area contributed by atoms with E-state index in [-0.39, 0.29) is 25.9 Å². The van der Waals surface area contributed by atoms with E-state index >= 15 is 0 Å². The molecule has 11 nitrogen and oxygen atoms in total. The molecule has 0 aromatic carbocycles. The van der Waals surface area contributed by atoms with Crippen LogP contribution >= 0.6 is 7.82 Å². The SMILES string of the molecule is CCCCC/C=C\C/C=C\CCCCCCCCCC(=O)OCC(COP(=O)(O)OCC(CO)OC(=O)CCCCCCCCCCCCC)OC(=O)CCCCCCCCC/C=C\CCCCCCCC. The third kappa shape index (κ3) is 52.6. The number of allylic oxidation sites excluding steroid dienone is 6. The van der Waals surface area contributed by atoms with E-state index in [0.717, 1.165) is 77.0 Å².